The molecular weight excluding hydrogens is 432 g/mol. The van der Waals surface area contributed by atoms with E-state index in [1.54, 1.807) is 6.20 Å². The lowest BCUT2D eigenvalue weighted by Crippen LogP contribution is -2.35. The highest BCUT2D eigenvalue weighted by Crippen LogP contribution is 2.29. The SMILES string of the molecule is CC(=O)Nc1ccc(CN2CCCN(C(=O)c3cccnc3Sc3ccccc3)CC2)cc1. The van der Waals surface area contributed by atoms with E-state index in [4.69, 9.17) is 0 Å². The summed E-state index contributed by atoms with van der Waals surface area (Å²) >= 11 is 1.52. The molecule has 0 bridgehead atoms. The Hall–Kier alpha value is -3.16. The minimum Gasteiger partial charge on any atom is -0.337 e. The Kier molecular flexibility index (Phi) is 7.75. The van der Waals surface area contributed by atoms with Crippen LogP contribution in [0.4, 0.5) is 5.69 Å². The molecule has 0 unspecified atom stereocenters. The number of amides is 2. The van der Waals surface area contributed by atoms with Gasteiger partial charge in [-0.05, 0) is 48.4 Å². The van der Waals surface area contributed by atoms with Gasteiger partial charge in [0.2, 0.25) is 5.91 Å². The average Bonchev–Trinajstić information content (AvgIpc) is 3.06. The summed E-state index contributed by atoms with van der Waals surface area (Å²) in [5.41, 5.74) is 2.66. The van der Waals surface area contributed by atoms with Crippen LogP contribution in [0.25, 0.3) is 0 Å². The summed E-state index contributed by atoms with van der Waals surface area (Å²) in [5, 5.41) is 3.54. The molecule has 6 nitrogen and oxygen atoms in total. The number of nitrogens with zero attached hydrogens (tertiary/aromatic N) is 3. The molecule has 1 N–H and O–H groups in total. The Balaban J connectivity index is 1.38. The van der Waals surface area contributed by atoms with Crippen molar-refractivity contribution >= 4 is 29.3 Å². The van der Waals surface area contributed by atoms with Gasteiger partial charge in [0.25, 0.3) is 5.91 Å². The largest absolute Gasteiger partial charge is 0.337 e. The van der Waals surface area contributed by atoms with E-state index in [-0.39, 0.29) is 11.8 Å². The highest BCUT2D eigenvalue weighted by Gasteiger charge is 2.23. The number of pyridine rings is 1. The van der Waals surface area contributed by atoms with Crippen LogP contribution in [0, 0.1) is 0 Å². The van der Waals surface area contributed by atoms with Gasteiger partial charge in [-0.3, -0.25) is 14.5 Å². The van der Waals surface area contributed by atoms with Gasteiger partial charge < -0.3 is 10.2 Å². The second-order valence-electron chi connectivity index (χ2n) is 8.07. The number of rotatable bonds is 6. The van der Waals surface area contributed by atoms with Gasteiger partial charge in [0.1, 0.15) is 5.03 Å². The third-order valence-corrected chi connectivity index (χ3v) is 6.54. The van der Waals surface area contributed by atoms with Crippen molar-refractivity contribution in [3.8, 4) is 0 Å². The number of carbonyl (C=O) groups is 2. The summed E-state index contributed by atoms with van der Waals surface area (Å²) in [6.07, 6.45) is 2.67. The molecule has 1 fully saturated rings. The van der Waals surface area contributed by atoms with Gasteiger partial charge in [-0.15, -0.1) is 0 Å². The first-order valence-corrected chi connectivity index (χ1v) is 12.0. The zero-order valence-electron chi connectivity index (χ0n) is 18.7. The molecule has 170 valence electrons. The third-order valence-electron chi connectivity index (χ3n) is 5.52. The highest BCUT2D eigenvalue weighted by molar-refractivity contribution is 7.99. The quantitative estimate of drug-likeness (QED) is 0.585. The van der Waals surface area contributed by atoms with Gasteiger partial charge in [0.05, 0.1) is 5.56 Å². The third kappa shape index (κ3) is 6.43. The summed E-state index contributed by atoms with van der Waals surface area (Å²) < 4.78 is 0. The topological polar surface area (TPSA) is 65.5 Å². The second kappa shape index (κ2) is 11.1. The zero-order valence-corrected chi connectivity index (χ0v) is 19.6. The maximum Gasteiger partial charge on any atom is 0.256 e. The molecule has 0 aliphatic carbocycles. The first-order valence-electron chi connectivity index (χ1n) is 11.1. The fourth-order valence-electron chi connectivity index (χ4n) is 3.89. The van der Waals surface area contributed by atoms with Crippen molar-refractivity contribution in [3.05, 3.63) is 84.1 Å². The normalized spacial score (nSPS) is 14.5. The summed E-state index contributed by atoms with van der Waals surface area (Å²) in [6, 6.07) is 21.7. The van der Waals surface area contributed by atoms with Crippen LogP contribution in [0.15, 0.2) is 82.8 Å². The van der Waals surface area contributed by atoms with Crippen molar-refractivity contribution in [1.29, 1.82) is 0 Å². The van der Waals surface area contributed by atoms with E-state index < -0.39 is 0 Å². The Morgan fingerprint density at radius 2 is 1.73 bits per heavy atom. The molecule has 4 rings (SSSR count). The molecule has 2 amide bonds. The molecule has 1 aromatic heterocycles. The summed E-state index contributed by atoms with van der Waals surface area (Å²) in [7, 11) is 0. The minimum absolute atomic E-state index is 0.0445. The van der Waals surface area contributed by atoms with E-state index in [0.717, 1.165) is 48.2 Å². The number of hydrogen-bond donors (Lipinski definition) is 1. The van der Waals surface area contributed by atoms with Crippen LogP contribution in [-0.4, -0.2) is 52.8 Å². The van der Waals surface area contributed by atoms with Gasteiger partial charge in [-0.2, -0.15) is 0 Å². The number of anilines is 1. The monoisotopic (exact) mass is 460 g/mol. The van der Waals surface area contributed by atoms with Crippen molar-refractivity contribution in [1.82, 2.24) is 14.8 Å². The summed E-state index contributed by atoms with van der Waals surface area (Å²) in [5.74, 6) is -0.0259. The molecule has 33 heavy (non-hydrogen) atoms. The van der Waals surface area contributed by atoms with Crippen molar-refractivity contribution in [3.63, 3.8) is 0 Å². The molecule has 0 atom stereocenters. The van der Waals surface area contributed by atoms with Gasteiger partial charge in [0.15, 0.2) is 0 Å². The molecule has 0 saturated carbocycles. The number of benzene rings is 2. The molecule has 0 radical (unpaired) electrons. The Morgan fingerprint density at radius 3 is 2.48 bits per heavy atom. The number of aromatic nitrogens is 1. The first-order chi connectivity index (χ1) is 16.1. The minimum atomic E-state index is -0.0704. The highest BCUT2D eigenvalue weighted by atomic mass is 32.2. The Morgan fingerprint density at radius 1 is 0.939 bits per heavy atom. The van der Waals surface area contributed by atoms with E-state index in [1.165, 1.54) is 24.2 Å². The van der Waals surface area contributed by atoms with Crippen LogP contribution in [0.5, 0.6) is 0 Å². The van der Waals surface area contributed by atoms with E-state index in [9.17, 15) is 9.59 Å². The van der Waals surface area contributed by atoms with Gasteiger partial charge in [0, 0.05) is 56.4 Å². The van der Waals surface area contributed by atoms with Crippen LogP contribution >= 0.6 is 11.8 Å². The molecule has 2 aromatic carbocycles. The van der Waals surface area contributed by atoms with Gasteiger partial charge in [-0.1, -0.05) is 42.1 Å². The number of carbonyl (C=O) groups excluding carboxylic acids is 2. The van der Waals surface area contributed by atoms with Crippen molar-refractivity contribution in [2.24, 2.45) is 0 Å². The zero-order chi connectivity index (χ0) is 23.0. The van der Waals surface area contributed by atoms with Crippen LogP contribution in [-0.2, 0) is 11.3 Å². The lowest BCUT2D eigenvalue weighted by atomic mass is 10.2. The smallest absolute Gasteiger partial charge is 0.256 e. The average molecular weight is 461 g/mol. The first kappa shape index (κ1) is 23.0. The predicted octanol–water partition coefficient (Wildman–Crippen LogP) is 4.54. The molecule has 7 heteroatoms. The summed E-state index contributed by atoms with van der Waals surface area (Å²) in [6.45, 7) is 5.52. The van der Waals surface area contributed by atoms with Crippen molar-refractivity contribution in [2.45, 2.75) is 29.8 Å². The van der Waals surface area contributed by atoms with E-state index in [1.807, 2.05) is 71.6 Å². The predicted molar refractivity (Wildman–Crippen MR) is 131 cm³/mol. The number of hydrogen-bond acceptors (Lipinski definition) is 5. The fraction of sp³-hybridized carbons (Fsp3) is 0.269. The lowest BCUT2D eigenvalue weighted by molar-refractivity contribution is -0.114. The van der Waals surface area contributed by atoms with Crippen molar-refractivity contribution < 1.29 is 9.59 Å². The Bertz CT molecular complexity index is 1090. The maximum absolute atomic E-state index is 13.4. The van der Waals surface area contributed by atoms with Crippen LogP contribution in [0.3, 0.4) is 0 Å². The number of nitrogens with one attached hydrogen (secondary N) is 1. The van der Waals surface area contributed by atoms with Crippen LogP contribution in [0.2, 0.25) is 0 Å². The van der Waals surface area contributed by atoms with Gasteiger partial charge in [-0.25, -0.2) is 4.98 Å². The Labute approximate surface area is 199 Å². The fourth-order valence-corrected chi connectivity index (χ4v) is 4.79. The molecule has 2 heterocycles. The van der Waals surface area contributed by atoms with Gasteiger partial charge >= 0.3 is 0 Å². The lowest BCUT2D eigenvalue weighted by Gasteiger charge is -2.23. The van der Waals surface area contributed by atoms with E-state index in [0.29, 0.717) is 12.1 Å². The van der Waals surface area contributed by atoms with Crippen LogP contribution < -0.4 is 5.32 Å². The van der Waals surface area contributed by atoms with E-state index >= 15 is 0 Å². The van der Waals surface area contributed by atoms with Crippen LogP contribution in [0.1, 0.15) is 29.3 Å². The van der Waals surface area contributed by atoms with E-state index in [2.05, 4.69) is 15.2 Å². The molecule has 1 saturated heterocycles. The second-order valence-corrected chi connectivity index (χ2v) is 9.13. The molecule has 1 aliphatic heterocycles. The van der Waals surface area contributed by atoms with Crippen molar-refractivity contribution in [2.75, 3.05) is 31.5 Å². The molecular formula is C26H28N4O2S. The summed E-state index contributed by atoms with van der Waals surface area (Å²) in [4.78, 5) is 34.5. The maximum atomic E-state index is 13.4. The molecule has 0 spiro atoms. The molecule has 3 aromatic rings. The molecule has 1 aliphatic rings. The standard InChI is InChI=1S/C26H28N4O2S/c1-20(31)28-22-12-10-21(11-13-22)19-29-15-6-16-30(18-17-29)26(32)24-9-5-14-27-25(24)33-23-7-3-2-4-8-23/h2-5,7-14H,6,15-19H2,1H3,(H,28,31).